The Hall–Kier alpha value is -0.810. The Kier molecular flexibility index (Phi) is 4.45. The maximum atomic E-state index is 5.64. The first-order valence-electron chi connectivity index (χ1n) is 7.09. The van der Waals surface area contributed by atoms with Gasteiger partial charge in [0.2, 0.25) is 5.96 Å². The lowest BCUT2D eigenvalue weighted by atomic mass is 10.1. The minimum atomic E-state index is 0.569. The van der Waals surface area contributed by atoms with E-state index in [1.807, 2.05) is 0 Å². The molecule has 2 rings (SSSR count). The van der Waals surface area contributed by atoms with Gasteiger partial charge in [0.15, 0.2) is 0 Å². The van der Waals surface area contributed by atoms with E-state index < -0.39 is 0 Å². The van der Waals surface area contributed by atoms with Crippen LogP contribution in [-0.4, -0.2) is 54.5 Å². The van der Waals surface area contributed by atoms with Crippen LogP contribution in [0.2, 0.25) is 0 Å². The van der Waals surface area contributed by atoms with E-state index >= 15 is 0 Å². The van der Waals surface area contributed by atoms with Crippen LogP contribution in [0.4, 0.5) is 0 Å². The highest BCUT2D eigenvalue weighted by Gasteiger charge is 2.35. The van der Waals surface area contributed by atoms with Gasteiger partial charge in [0.1, 0.15) is 0 Å². The molecule has 2 heterocycles. The van der Waals surface area contributed by atoms with Crippen molar-refractivity contribution in [3.63, 3.8) is 0 Å². The van der Waals surface area contributed by atoms with E-state index in [0.29, 0.717) is 12.0 Å². The molecular weight excluding hydrogens is 226 g/mol. The highest BCUT2D eigenvalue weighted by Crippen LogP contribution is 2.28. The van der Waals surface area contributed by atoms with E-state index in [2.05, 4.69) is 41.1 Å². The molecule has 2 bridgehead atoms. The number of hydrazine groups is 1. The molecule has 2 atom stereocenters. The minimum absolute atomic E-state index is 0.569. The van der Waals surface area contributed by atoms with Crippen molar-refractivity contribution < 1.29 is 0 Å². The molecule has 2 saturated heterocycles. The van der Waals surface area contributed by atoms with Crippen LogP contribution < -0.4 is 11.3 Å². The third kappa shape index (κ3) is 2.95. The maximum absolute atomic E-state index is 5.64. The summed E-state index contributed by atoms with van der Waals surface area (Å²) in [6, 6.07) is 1.42. The van der Waals surface area contributed by atoms with Crippen LogP contribution in [0.3, 0.4) is 0 Å². The summed E-state index contributed by atoms with van der Waals surface area (Å²) in [5.74, 6) is 7.07. The quantitative estimate of drug-likeness (QED) is 0.328. The summed E-state index contributed by atoms with van der Waals surface area (Å²) in [6.07, 6.45) is 3.87. The Bertz CT molecular complexity index is 302. The zero-order chi connectivity index (χ0) is 13.1. The smallest absolute Gasteiger partial charge is 0.208 e. The highest BCUT2D eigenvalue weighted by atomic mass is 15.4. The number of likely N-dealkylation sites (N-methyl/N-ethyl adjacent to an activating group) is 1. The van der Waals surface area contributed by atoms with Gasteiger partial charge in [-0.3, -0.25) is 15.3 Å². The number of guanidine groups is 1. The first-order valence-corrected chi connectivity index (χ1v) is 7.09. The molecule has 0 aromatic carbocycles. The monoisotopic (exact) mass is 253 g/mol. The summed E-state index contributed by atoms with van der Waals surface area (Å²) in [6.45, 7) is 7.30. The van der Waals surface area contributed by atoms with Gasteiger partial charge >= 0.3 is 0 Å². The lowest BCUT2D eigenvalue weighted by Crippen LogP contribution is -2.48. The van der Waals surface area contributed by atoms with Crippen molar-refractivity contribution in [2.75, 3.05) is 26.7 Å². The number of nitrogens with zero attached hydrogens (tertiary/aromatic N) is 3. The van der Waals surface area contributed by atoms with E-state index in [4.69, 9.17) is 5.84 Å². The van der Waals surface area contributed by atoms with Crippen LogP contribution in [-0.2, 0) is 0 Å². The Balaban J connectivity index is 2.01. The Morgan fingerprint density at radius 3 is 2.72 bits per heavy atom. The van der Waals surface area contributed by atoms with Crippen molar-refractivity contribution in [1.82, 2.24) is 15.2 Å². The molecule has 2 fully saturated rings. The number of fused-ring (bicyclic) bond motifs is 2. The molecule has 18 heavy (non-hydrogen) atoms. The molecule has 0 spiro atoms. The number of hydrogen-bond donors (Lipinski definition) is 2. The molecule has 0 aromatic rings. The third-order valence-corrected chi connectivity index (χ3v) is 4.18. The number of nitrogens with two attached hydrogens (primary N) is 1. The van der Waals surface area contributed by atoms with Crippen molar-refractivity contribution in [2.45, 2.75) is 45.2 Å². The molecule has 2 aliphatic heterocycles. The molecule has 0 aliphatic carbocycles. The van der Waals surface area contributed by atoms with Gasteiger partial charge in [-0.05, 0) is 32.2 Å². The van der Waals surface area contributed by atoms with Crippen LogP contribution in [0.5, 0.6) is 0 Å². The van der Waals surface area contributed by atoms with Gasteiger partial charge in [0.25, 0.3) is 0 Å². The zero-order valence-corrected chi connectivity index (χ0v) is 11.9. The molecule has 3 N–H and O–H groups in total. The van der Waals surface area contributed by atoms with Gasteiger partial charge in [-0.2, -0.15) is 0 Å². The molecule has 0 aromatic heterocycles. The third-order valence-electron chi connectivity index (χ3n) is 4.18. The van der Waals surface area contributed by atoms with Gasteiger partial charge < -0.3 is 4.90 Å². The number of nitrogens with one attached hydrogen (secondary N) is 1. The number of hydrogen-bond acceptors (Lipinski definition) is 3. The number of aliphatic imine (C=N–C) groups is 1. The second-order valence-electron chi connectivity index (χ2n) is 5.99. The van der Waals surface area contributed by atoms with Crippen LogP contribution in [0.15, 0.2) is 4.99 Å². The fraction of sp³-hybridized carbons (Fsp3) is 0.923. The van der Waals surface area contributed by atoms with Crippen molar-refractivity contribution in [2.24, 2.45) is 16.8 Å². The lowest BCUT2D eigenvalue weighted by Gasteiger charge is -2.28. The predicted molar refractivity (Wildman–Crippen MR) is 75.2 cm³/mol. The summed E-state index contributed by atoms with van der Waals surface area (Å²) >= 11 is 0. The average molecular weight is 253 g/mol. The molecule has 2 unspecified atom stereocenters. The summed E-state index contributed by atoms with van der Waals surface area (Å²) < 4.78 is 0. The normalized spacial score (nSPS) is 29.8. The predicted octanol–water partition coefficient (Wildman–Crippen LogP) is 0.630. The second-order valence-corrected chi connectivity index (χ2v) is 5.99. The van der Waals surface area contributed by atoms with Gasteiger partial charge in [-0.25, -0.2) is 5.84 Å². The minimum Gasteiger partial charge on any atom is -0.340 e. The van der Waals surface area contributed by atoms with E-state index in [0.717, 1.165) is 31.6 Å². The van der Waals surface area contributed by atoms with E-state index in [-0.39, 0.29) is 0 Å². The first kappa shape index (κ1) is 13.6. The molecule has 5 heteroatoms. The second kappa shape index (κ2) is 5.89. The van der Waals surface area contributed by atoms with Crippen molar-refractivity contribution >= 4 is 5.96 Å². The molecule has 0 saturated carbocycles. The van der Waals surface area contributed by atoms with E-state index in [1.54, 1.807) is 0 Å². The highest BCUT2D eigenvalue weighted by molar-refractivity contribution is 5.79. The fourth-order valence-electron chi connectivity index (χ4n) is 3.01. The van der Waals surface area contributed by atoms with Crippen molar-refractivity contribution in [3.8, 4) is 0 Å². The fourth-order valence-corrected chi connectivity index (χ4v) is 3.01. The number of likely N-dealkylation sites (tertiary alicyclic amines) is 1. The number of rotatable bonds is 2. The molecule has 0 radical (unpaired) electrons. The molecule has 104 valence electrons. The van der Waals surface area contributed by atoms with Crippen LogP contribution in [0.1, 0.15) is 33.1 Å². The van der Waals surface area contributed by atoms with E-state index in [1.165, 1.54) is 19.3 Å². The Morgan fingerprint density at radius 2 is 2.06 bits per heavy atom. The summed E-state index contributed by atoms with van der Waals surface area (Å²) in [5.41, 5.74) is 2.79. The first-order chi connectivity index (χ1) is 8.61. The summed E-state index contributed by atoms with van der Waals surface area (Å²) in [4.78, 5) is 9.46. The van der Waals surface area contributed by atoms with Gasteiger partial charge in [0.05, 0.1) is 0 Å². The van der Waals surface area contributed by atoms with Crippen LogP contribution in [0.25, 0.3) is 0 Å². The average Bonchev–Trinajstić information content (AvgIpc) is 2.56. The van der Waals surface area contributed by atoms with Crippen LogP contribution >= 0.6 is 0 Å². The Labute approximate surface area is 110 Å². The summed E-state index contributed by atoms with van der Waals surface area (Å²) in [5, 5.41) is 0. The lowest BCUT2D eigenvalue weighted by molar-refractivity contribution is 0.245. The molecular formula is C13H27N5. The van der Waals surface area contributed by atoms with Crippen molar-refractivity contribution in [1.29, 1.82) is 0 Å². The molecule has 2 aliphatic rings. The topological polar surface area (TPSA) is 56.9 Å². The molecule has 0 amide bonds. The van der Waals surface area contributed by atoms with Gasteiger partial charge in [-0.15, -0.1) is 0 Å². The van der Waals surface area contributed by atoms with Gasteiger partial charge in [0, 0.05) is 31.7 Å². The summed E-state index contributed by atoms with van der Waals surface area (Å²) in [7, 11) is 2.26. The molecule has 5 nitrogen and oxygen atoms in total. The largest absolute Gasteiger partial charge is 0.340 e. The van der Waals surface area contributed by atoms with E-state index in [9.17, 15) is 0 Å². The van der Waals surface area contributed by atoms with Gasteiger partial charge in [-0.1, -0.05) is 13.8 Å². The SMILES string of the molecule is CC(C)CN=C(NN)N1CCC2CCC(C1)N2C. The van der Waals surface area contributed by atoms with Crippen molar-refractivity contribution in [3.05, 3.63) is 0 Å². The standard InChI is InChI=1S/C13H27N5/c1-10(2)8-15-13(16-14)18-7-6-11-4-5-12(9-18)17(11)3/h10-12H,4-9,14H2,1-3H3,(H,15,16). The zero-order valence-electron chi connectivity index (χ0n) is 11.9. The maximum Gasteiger partial charge on any atom is 0.208 e. The van der Waals surface area contributed by atoms with Crippen LogP contribution in [0, 0.1) is 5.92 Å². The Morgan fingerprint density at radius 1 is 1.33 bits per heavy atom.